The normalized spacial score (nSPS) is 12.2. The van der Waals surface area contributed by atoms with Gasteiger partial charge in [-0.1, -0.05) is 24.6 Å². The van der Waals surface area contributed by atoms with Crippen molar-refractivity contribution >= 4 is 5.91 Å². The number of phenolic OH excluding ortho intramolecular Hbond substituents is 1. The van der Waals surface area contributed by atoms with Gasteiger partial charge in [0.05, 0.1) is 0 Å². The Labute approximate surface area is 115 Å². The third kappa shape index (κ3) is 5.30. The number of amides is 1. The van der Waals surface area contributed by atoms with Crippen molar-refractivity contribution in [2.75, 3.05) is 13.1 Å². The van der Waals surface area contributed by atoms with Crippen LogP contribution in [0.15, 0.2) is 18.2 Å². The third-order valence-corrected chi connectivity index (χ3v) is 3.02. The van der Waals surface area contributed by atoms with Gasteiger partial charge in [0.25, 0.3) is 0 Å². The van der Waals surface area contributed by atoms with Gasteiger partial charge < -0.3 is 15.7 Å². The van der Waals surface area contributed by atoms with Gasteiger partial charge in [-0.3, -0.25) is 4.79 Å². The number of hydrogen-bond donors (Lipinski definition) is 3. The molecule has 0 radical (unpaired) electrons. The minimum absolute atomic E-state index is 0.0267. The summed E-state index contributed by atoms with van der Waals surface area (Å²) in [6.07, 6.45) is 1.41. The maximum atomic E-state index is 11.4. The van der Waals surface area contributed by atoms with Crippen LogP contribution in [0.25, 0.3) is 0 Å². The summed E-state index contributed by atoms with van der Waals surface area (Å²) in [7, 11) is 0. The second kappa shape index (κ2) is 7.79. The maximum absolute atomic E-state index is 11.4. The third-order valence-electron chi connectivity index (χ3n) is 3.02. The van der Waals surface area contributed by atoms with Crippen LogP contribution >= 0.6 is 0 Å². The van der Waals surface area contributed by atoms with Gasteiger partial charge in [0.1, 0.15) is 5.75 Å². The van der Waals surface area contributed by atoms with Crippen molar-refractivity contribution in [2.24, 2.45) is 0 Å². The molecule has 4 nitrogen and oxygen atoms in total. The average Bonchev–Trinajstić information content (AvgIpc) is 2.39. The monoisotopic (exact) mass is 264 g/mol. The molecule has 0 aliphatic heterocycles. The molecule has 0 saturated heterocycles. The number of nitrogens with one attached hydrogen (secondary N) is 2. The lowest BCUT2D eigenvalue weighted by molar-refractivity contribution is -0.121. The molecule has 0 spiro atoms. The first kappa shape index (κ1) is 15.5. The summed E-state index contributed by atoms with van der Waals surface area (Å²) in [5.41, 5.74) is 1.98. The van der Waals surface area contributed by atoms with Gasteiger partial charge in [-0.15, -0.1) is 0 Å². The van der Waals surface area contributed by atoms with Crippen LogP contribution in [0.2, 0.25) is 0 Å². The van der Waals surface area contributed by atoms with E-state index in [-0.39, 0.29) is 11.9 Å². The van der Waals surface area contributed by atoms with E-state index in [1.54, 1.807) is 6.07 Å². The summed E-state index contributed by atoms with van der Waals surface area (Å²) in [5, 5.41) is 15.9. The van der Waals surface area contributed by atoms with Gasteiger partial charge in [0.2, 0.25) is 5.91 Å². The van der Waals surface area contributed by atoms with E-state index in [0.29, 0.717) is 18.7 Å². The van der Waals surface area contributed by atoms with Crippen molar-refractivity contribution in [2.45, 2.75) is 39.7 Å². The second-order valence-electron chi connectivity index (χ2n) is 4.84. The quantitative estimate of drug-likeness (QED) is 0.708. The van der Waals surface area contributed by atoms with Crippen LogP contribution in [0.4, 0.5) is 0 Å². The first-order chi connectivity index (χ1) is 9.04. The van der Waals surface area contributed by atoms with Crippen molar-refractivity contribution in [3.63, 3.8) is 0 Å². The van der Waals surface area contributed by atoms with Crippen molar-refractivity contribution in [3.8, 4) is 5.75 Å². The van der Waals surface area contributed by atoms with E-state index in [0.717, 1.165) is 24.1 Å². The molecule has 0 aliphatic rings. The molecular weight excluding hydrogens is 240 g/mol. The first-order valence-electron chi connectivity index (χ1n) is 6.84. The van der Waals surface area contributed by atoms with Gasteiger partial charge in [0, 0.05) is 31.1 Å². The first-order valence-corrected chi connectivity index (χ1v) is 6.84. The Hall–Kier alpha value is -1.55. The number of carbonyl (C=O) groups excluding carboxylic acids is 1. The summed E-state index contributed by atoms with van der Waals surface area (Å²) in [4.78, 5) is 11.4. The Bertz CT molecular complexity index is 419. The van der Waals surface area contributed by atoms with E-state index in [1.165, 1.54) is 0 Å². The molecule has 106 valence electrons. The van der Waals surface area contributed by atoms with Crippen molar-refractivity contribution in [1.82, 2.24) is 10.6 Å². The maximum Gasteiger partial charge on any atom is 0.221 e. The fourth-order valence-corrected chi connectivity index (χ4v) is 1.89. The summed E-state index contributed by atoms with van der Waals surface area (Å²) >= 11 is 0. The standard InChI is InChI=1S/C15H24N2O2/c1-4-8-17-15(19)7-9-16-12(3)13-10-11(2)5-6-14(13)18/h5-6,10,12,16,18H,4,7-9H2,1-3H3,(H,17,19). The van der Waals surface area contributed by atoms with Gasteiger partial charge in [-0.25, -0.2) is 0 Å². The second-order valence-corrected chi connectivity index (χ2v) is 4.84. The summed E-state index contributed by atoms with van der Waals surface area (Å²) in [5.74, 6) is 0.357. The van der Waals surface area contributed by atoms with E-state index in [9.17, 15) is 9.90 Å². The van der Waals surface area contributed by atoms with Crippen LogP contribution in [0, 0.1) is 6.92 Å². The highest BCUT2D eigenvalue weighted by molar-refractivity contribution is 5.75. The smallest absolute Gasteiger partial charge is 0.221 e. The predicted octanol–water partition coefficient (Wildman–Crippen LogP) is 2.27. The molecule has 1 aromatic rings. The highest BCUT2D eigenvalue weighted by Crippen LogP contribution is 2.24. The molecule has 1 aromatic carbocycles. The average molecular weight is 264 g/mol. The van der Waals surface area contributed by atoms with Crippen molar-refractivity contribution in [1.29, 1.82) is 0 Å². The molecule has 1 atom stereocenters. The SMILES string of the molecule is CCCNC(=O)CCNC(C)c1cc(C)ccc1O. The number of aryl methyl sites for hydroxylation is 1. The van der Waals surface area contributed by atoms with E-state index in [2.05, 4.69) is 10.6 Å². The Balaban J connectivity index is 2.41. The van der Waals surface area contributed by atoms with Crippen molar-refractivity contribution in [3.05, 3.63) is 29.3 Å². The Kier molecular flexibility index (Phi) is 6.36. The minimum Gasteiger partial charge on any atom is -0.508 e. The van der Waals surface area contributed by atoms with Gasteiger partial charge in [-0.2, -0.15) is 0 Å². The molecule has 4 heteroatoms. The molecular formula is C15H24N2O2. The van der Waals surface area contributed by atoms with Crippen LogP contribution in [0.3, 0.4) is 0 Å². The fraction of sp³-hybridized carbons (Fsp3) is 0.533. The molecule has 3 N–H and O–H groups in total. The van der Waals surface area contributed by atoms with Crippen molar-refractivity contribution < 1.29 is 9.90 Å². The van der Waals surface area contributed by atoms with E-state index in [4.69, 9.17) is 0 Å². The van der Waals surface area contributed by atoms with Crippen LogP contribution < -0.4 is 10.6 Å². The molecule has 0 saturated carbocycles. The zero-order valence-corrected chi connectivity index (χ0v) is 12.0. The highest BCUT2D eigenvalue weighted by atomic mass is 16.3. The molecule has 1 unspecified atom stereocenters. The number of benzene rings is 1. The molecule has 0 bridgehead atoms. The van der Waals surface area contributed by atoms with Crippen LogP contribution in [0.1, 0.15) is 43.9 Å². The summed E-state index contributed by atoms with van der Waals surface area (Å²) in [6.45, 7) is 7.34. The highest BCUT2D eigenvalue weighted by Gasteiger charge is 2.10. The molecule has 1 amide bonds. The van der Waals surface area contributed by atoms with Gasteiger partial charge in [-0.05, 0) is 26.3 Å². The molecule has 0 aliphatic carbocycles. The van der Waals surface area contributed by atoms with Crippen LogP contribution in [0.5, 0.6) is 5.75 Å². The lowest BCUT2D eigenvalue weighted by Gasteiger charge is -2.16. The molecule has 0 aromatic heterocycles. The number of rotatable bonds is 7. The summed E-state index contributed by atoms with van der Waals surface area (Å²) in [6, 6.07) is 5.57. The zero-order valence-electron chi connectivity index (χ0n) is 12.0. The van der Waals surface area contributed by atoms with E-state index >= 15 is 0 Å². The molecule has 0 fully saturated rings. The van der Waals surface area contributed by atoms with Gasteiger partial charge in [0.15, 0.2) is 0 Å². The van der Waals surface area contributed by atoms with Gasteiger partial charge >= 0.3 is 0 Å². The molecule has 19 heavy (non-hydrogen) atoms. The predicted molar refractivity (Wildman–Crippen MR) is 77.2 cm³/mol. The van der Waals surface area contributed by atoms with E-state index < -0.39 is 0 Å². The lowest BCUT2D eigenvalue weighted by Crippen LogP contribution is -2.29. The zero-order chi connectivity index (χ0) is 14.3. The van der Waals surface area contributed by atoms with Crippen LogP contribution in [-0.2, 0) is 4.79 Å². The Morgan fingerprint density at radius 2 is 2.11 bits per heavy atom. The van der Waals surface area contributed by atoms with Crippen LogP contribution in [-0.4, -0.2) is 24.1 Å². The number of carbonyl (C=O) groups is 1. The lowest BCUT2D eigenvalue weighted by atomic mass is 10.0. The fourth-order valence-electron chi connectivity index (χ4n) is 1.89. The number of hydrogen-bond acceptors (Lipinski definition) is 3. The number of aromatic hydroxyl groups is 1. The molecule has 1 rings (SSSR count). The Morgan fingerprint density at radius 3 is 2.79 bits per heavy atom. The minimum atomic E-state index is 0.0267. The topological polar surface area (TPSA) is 61.4 Å². The van der Waals surface area contributed by atoms with E-state index in [1.807, 2.05) is 32.9 Å². The Morgan fingerprint density at radius 1 is 1.37 bits per heavy atom. The number of phenols is 1. The summed E-state index contributed by atoms with van der Waals surface area (Å²) < 4.78 is 0. The molecule has 0 heterocycles. The largest absolute Gasteiger partial charge is 0.508 e.